The van der Waals surface area contributed by atoms with Crippen molar-refractivity contribution in [3.63, 3.8) is 0 Å². The molecule has 6 heteroatoms. The van der Waals surface area contributed by atoms with Crippen LogP contribution >= 0.6 is 0 Å². The quantitative estimate of drug-likeness (QED) is 0.555. The van der Waals surface area contributed by atoms with Crippen molar-refractivity contribution in [1.29, 1.82) is 0 Å². The molecule has 1 aromatic rings. The Morgan fingerprint density at radius 1 is 1.50 bits per heavy atom. The van der Waals surface area contributed by atoms with Crippen molar-refractivity contribution < 1.29 is 14.6 Å². The van der Waals surface area contributed by atoms with Crippen molar-refractivity contribution in [3.8, 4) is 0 Å². The lowest BCUT2D eigenvalue weighted by Crippen LogP contribution is -2.32. The number of hydrogen-bond acceptors (Lipinski definition) is 5. The number of benzene rings is 1. The molecule has 1 atom stereocenters. The second-order valence-corrected chi connectivity index (χ2v) is 4.41. The van der Waals surface area contributed by atoms with Crippen LogP contribution in [0.4, 0.5) is 16.2 Å². The van der Waals surface area contributed by atoms with Gasteiger partial charge in [0.15, 0.2) is 6.23 Å². The number of carboxylic acid groups (broad SMARTS) is 1. The van der Waals surface area contributed by atoms with Crippen molar-refractivity contribution in [2.45, 2.75) is 25.6 Å². The van der Waals surface area contributed by atoms with Gasteiger partial charge in [-0.05, 0) is 36.6 Å². The Morgan fingerprint density at radius 2 is 2.28 bits per heavy atom. The van der Waals surface area contributed by atoms with Gasteiger partial charge in [-0.15, -0.1) is 0 Å². The molecule has 0 amide bonds. The third-order valence-corrected chi connectivity index (χ3v) is 3.08. The van der Waals surface area contributed by atoms with Crippen molar-refractivity contribution in [1.82, 2.24) is 4.90 Å². The van der Waals surface area contributed by atoms with Gasteiger partial charge in [-0.25, -0.2) is 4.79 Å². The van der Waals surface area contributed by atoms with E-state index in [1.165, 1.54) is 0 Å². The summed E-state index contributed by atoms with van der Waals surface area (Å²) in [6, 6.07) is 5.31. The van der Waals surface area contributed by atoms with Gasteiger partial charge in [0, 0.05) is 24.5 Å². The number of carbonyl (C=O) groups is 1. The van der Waals surface area contributed by atoms with Gasteiger partial charge in [0.25, 0.3) is 0 Å². The topological polar surface area (TPSA) is 102 Å². The lowest BCUT2D eigenvalue weighted by atomic mass is 10.1. The maximum atomic E-state index is 10.6. The van der Waals surface area contributed by atoms with E-state index >= 15 is 0 Å². The first-order valence-electron chi connectivity index (χ1n) is 5.84. The molecule has 1 fully saturated rings. The summed E-state index contributed by atoms with van der Waals surface area (Å²) in [5.41, 5.74) is 13.8. The minimum Gasteiger partial charge on any atom is -0.450 e. The Balaban J connectivity index is 2.08. The summed E-state index contributed by atoms with van der Waals surface area (Å²) < 4.78 is 4.84. The van der Waals surface area contributed by atoms with E-state index in [1.54, 1.807) is 12.1 Å². The Hall–Kier alpha value is -1.95. The SMILES string of the molecule is Nc1ccc(N)c(CN2CCCC2OC(=O)O)c1. The van der Waals surface area contributed by atoms with Gasteiger partial charge < -0.3 is 21.3 Å². The third-order valence-electron chi connectivity index (χ3n) is 3.08. The van der Waals surface area contributed by atoms with Crippen LogP contribution in [0.3, 0.4) is 0 Å². The highest BCUT2D eigenvalue weighted by molar-refractivity contribution is 5.57. The van der Waals surface area contributed by atoms with E-state index in [0.717, 1.165) is 18.5 Å². The number of anilines is 2. The summed E-state index contributed by atoms with van der Waals surface area (Å²) in [5, 5.41) is 8.66. The van der Waals surface area contributed by atoms with Gasteiger partial charge in [0.05, 0.1) is 0 Å². The minimum atomic E-state index is -1.24. The molecule has 1 aliphatic heterocycles. The molecule has 0 aliphatic carbocycles. The van der Waals surface area contributed by atoms with Gasteiger partial charge in [-0.3, -0.25) is 4.90 Å². The van der Waals surface area contributed by atoms with E-state index in [9.17, 15) is 4.79 Å². The van der Waals surface area contributed by atoms with Gasteiger partial charge in [-0.2, -0.15) is 0 Å². The van der Waals surface area contributed by atoms with E-state index in [-0.39, 0.29) is 6.23 Å². The summed E-state index contributed by atoms with van der Waals surface area (Å²) in [5.74, 6) is 0. The number of hydrogen-bond donors (Lipinski definition) is 3. The molecule has 0 spiro atoms. The Morgan fingerprint density at radius 3 is 3.00 bits per heavy atom. The first-order valence-corrected chi connectivity index (χ1v) is 5.84. The monoisotopic (exact) mass is 251 g/mol. The molecule has 1 aliphatic rings. The molecule has 1 heterocycles. The van der Waals surface area contributed by atoms with Gasteiger partial charge in [0.2, 0.25) is 0 Å². The molecule has 0 bridgehead atoms. The minimum absolute atomic E-state index is 0.386. The maximum Gasteiger partial charge on any atom is 0.507 e. The zero-order valence-corrected chi connectivity index (χ0v) is 10.0. The Bertz CT molecular complexity index is 450. The maximum absolute atomic E-state index is 10.6. The van der Waals surface area contributed by atoms with Gasteiger partial charge in [0.1, 0.15) is 0 Å². The molecule has 2 rings (SSSR count). The molecule has 18 heavy (non-hydrogen) atoms. The van der Waals surface area contributed by atoms with Crippen LogP contribution in [0.25, 0.3) is 0 Å². The first kappa shape index (κ1) is 12.5. The van der Waals surface area contributed by atoms with Crippen LogP contribution in [0, 0.1) is 0 Å². The van der Waals surface area contributed by atoms with Crippen molar-refractivity contribution in [2.75, 3.05) is 18.0 Å². The number of likely N-dealkylation sites (tertiary alicyclic amines) is 1. The zero-order chi connectivity index (χ0) is 13.1. The first-order chi connectivity index (χ1) is 8.56. The van der Waals surface area contributed by atoms with Gasteiger partial charge in [-0.1, -0.05) is 0 Å². The average molecular weight is 251 g/mol. The number of nitrogens with zero attached hydrogens (tertiary/aromatic N) is 1. The molecule has 0 saturated carbocycles. The number of nitrogens with two attached hydrogens (primary N) is 2. The fraction of sp³-hybridized carbons (Fsp3) is 0.417. The number of nitrogen functional groups attached to an aromatic ring is 2. The van der Waals surface area contributed by atoms with Crippen LogP contribution in [-0.2, 0) is 11.3 Å². The van der Waals surface area contributed by atoms with Crippen molar-refractivity contribution in [3.05, 3.63) is 23.8 Å². The fourth-order valence-electron chi connectivity index (χ4n) is 2.21. The van der Waals surface area contributed by atoms with Crippen LogP contribution < -0.4 is 11.5 Å². The van der Waals surface area contributed by atoms with Crippen LogP contribution in [0.15, 0.2) is 18.2 Å². The molecule has 1 saturated heterocycles. The fourth-order valence-corrected chi connectivity index (χ4v) is 2.21. The zero-order valence-electron chi connectivity index (χ0n) is 10.0. The normalized spacial score (nSPS) is 19.9. The second kappa shape index (κ2) is 5.14. The second-order valence-electron chi connectivity index (χ2n) is 4.41. The Labute approximate surface area is 105 Å². The molecule has 0 radical (unpaired) electrons. The third kappa shape index (κ3) is 2.84. The molecule has 6 nitrogen and oxygen atoms in total. The predicted octanol–water partition coefficient (Wildman–Crippen LogP) is 1.47. The summed E-state index contributed by atoms with van der Waals surface area (Å²) in [4.78, 5) is 12.5. The van der Waals surface area contributed by atoms with E-state index in [4.69, 9.17) is 21.3 Å². The van der Waals surface area contributed by atoms with Crippen molar-refractivity contribution >= 4 is 17.5 Å². The summed E-state index contributed by atoms with van der Waals surface area (Å²) in [6.45, 7) is 1.35. The predicted molar refractivity (Wildman–Crippen MR) is 67.8 cm³/mol. The van der Waals surface area contributed by atoms with Crippen molar-refractivity contribution in [2.24, 2.45) is 0 Å². The summed E-state index contributed by atoms with van der Waals surface area (Å²) in [7, 11) is 0. The van der Waals surface area contributed by atoms with Gasteiger partial charge >= 0.3 is 6.16 Å². The Kier molecular flexibility index (Phi) is 3.57. The largest absolute Gasteiger partial charge is 0.507 e. The lowest BCUT2D eigenvalue weighted by Gasteiger charge is -2.23. The van der Waals surface area contributed by atoms with E-state index in [1.807, 2.05) is 11.0 Å². The highest BCUT2D eigenvalue weighted by Gasteiger charge is 2.28. The summed E-state index contributed by atoms with van der Waals surface area (Å²) in [6.07, 6.45) is 0.00471. The highest BCUT2D eigenvalue weighted by atomic mass is 16.7. The number of rotatable bonds is 3. The summed E-state index contributed by atoms with van der Waals surface area (Å²) >= 11 is 0. The average Bonchev–Trinajstić information content (AvgIpc) is 2.70. The molecule has 1 unspecified atom stereocenters. The smallest absolute Gasteiger partial charge is 0.450 e. The molecule has 1 aromatic carbocycles. The van der Waals surface area contributed by atoms with E-state index in [0.29, 0.717) is 24.3 Å². The molecule has 5 N–H and O–H groups in total. The van der Waals surface area contributed by atoms with Crippen LogP contribution in [0.2, 0.25) is 0 Å². The highest BCUT2D eigenvalue weighted by Crippen LogP contribution is 2.24. The standard InChI is InChI=1S/C12H17N3O3/c13-9-3-4-10(14)8(6-9)7-15-5-1-2-11(15)18-12(16)17/h3-4,6,11H,1-2,5,7,13-14H2,(H,16,17). The molecule has 98 valence electrons. The van der Waals surface area contributed by atoms with Crippen LogP contribution in [-0.4, -0.2) is 28.9 Å². The van der Waals surface area contributed by atoms with Crippen LogP contribution in [0.5, 0.6) is 0 Å². The van der Waals surface area contributed by atoms with E-state index in [2.05, 4.69) is 0 Å². The number of ether oxygens (including phenoxy) is 1. The molecular formula is C12H17N3O3. The van der Waals surface area contributed by atoms with E-state index < -0.39 is 6.16 Å². The van der Waals surface area contributed by atoms with Crippen LogP contribution in [0.1, 0.15) is 18.4 Å². The lowest BCUT2D eigenvalue weighted by molar-refractivity contribution is -0.0168. The molecule has 0 aromatic heterocycles. The molecular weight excluding hydrogens is 234 g/mol.